The molecule has 0 aliphatic rings. The van der Waals surface area contributed by atoms with E-state index in [-0.39, 0.29) is 18.0 Å². The molecule has 1 unspecified atom stereocenters. The summed E-state index contributed by atoms with van der Waals surface area (Å²) in [6.45, 7) is 9.07. The summed E-state index contributed by atoms with van der Waals surface area (Å²) in [4.78, 5) is 22.6. The van der Waals surface area contributed by atoms with Crippen molar-refractivity contribution in [3.8, 4) is 0 Å². The van der Waals surface area contributed by atoms with Crippen molar-refractivity contribution in [1.82, 2.24) is 5.32 Å². The van der Waals surface area contributed by atoms with Crippen LogP contribution in [0.15, 0.2) is 0 Å². The molecule has 0 saturated heterocycles. The molecule has 0 rings (SSSR count). The van der Waals surface area contributed by atoms with E-state index in [4.69, 9.17) is 4.74 Å². The Morgan fingerprint density at radius 3 is 2.19 bits per heavy atom. The highest BCUT2D eigenvalue weighted by Crippen LogP contribution is 2.11. The van der Waals surface area contributed by atoms with Crippen molar-refractivity contribution >= 4 is 23.6 Å². The summed E-state index contributed by atoms with van der Waals surface area (Å²) in [5.41, 5.74) is 0. The minimum Gasteiger partial charge on any atom is -0.461 e. The van der Waals surface area contributed by atoms with Crippen molar-refractivity contribution in [2.24, 2.45) is 0 Å². The van der Waals surface area contributed by atoms with Crippen molar-refractivity contribution in [3.63, 3.8) is 0 Å². The fourth-order valence-electron chi connectivity index (χ4n) is 1.02. The molecule has 1 atom stereocenters. The van der Waals surface area contributed by atoms with Crippen LogP contribution < -0.4 is 5.32 Å². The van der Waals surface area contributed by atoms with Crippen LogP contribution in [0.3, 0.4) is 0 Å². The topological polar surface area (TPSA) is 55.4 Å². The zero-order valence-corrected chi connectivity index (χ0v) is 11.4. The van der Waals surface area contributed by atoms with E-state index in [0.29, 0.717) is 11.0 Å². The molecule has 0 heterocycles. The number of carbonyl (C=O) groups is 2. The molecule has 1 N–H and O–H groups in total. The van der Waals surface area contributed by atoms with Gasteiger partial charge in [0.25, 0.3) is 0 Å². The Bertz CT molecular complexity index is 241. The number of hydrogen-bond donors (Lipinski definition) is 1. The summed E-state index contributed by atoms with van der Waals surface area (Å²) in [6.07, 6.45) is -0.159. The molecule has 0 radical (unpaired) electrons. The molecule has 94 valence electrons. The second-order valence-corrected chi connectivity index (χ2v) is 5.73. The molecule has 0 spiro atoms. The molecule has 0 aliphatic heterocycles. The largest absolute Gasteiger partial charge is 0.461 e. The smallest absolute Gasteiger partial charge is 0.329 e. The molecular weight excluding hydrogens is 226 g/mol. The van der Waals surface area contributed by atoms with Crippen LogP contribution in [0.5, 0.6) is 0 Å². The average molecular weight is 247 g/mol. The number of rotatable bonds is 6. The van der Waals surface area contributed by atoms with Crippen LogP contribution in [-0.2, 0) is 14.3 Å². The van der Waals surface area contributed by atoms with E-state index in [2.05, 4.69) is 5.32 Å². The average Bonchev–Trinajstić information content (AvgIpc) is 2.09. The minimum absolute atomic E-state index is 0.159. The molecule has 0 fully saturated rings. The first-order chi connectivity index (χ1) is 7.32. The molecule has 0 aromatic rings. The summed E-state index contributed by atoms with van der Waals surface area (Å²) < 4.78 is 5.08. The fourth-order valence-corrected chi connectivity index (χ4v) is 1.81. The SMILES string of the molecule is CC(=O)NC(CSC(C)C)C(=O)OC(C)C. The number of thioether (sulfide) groups is 1. The Labute approximate surface area is 101 Å². The number of hydrogen-bond acceptors (Lipinski definition) is 4. The molecule has 4 nitrogen and oxygen atoms in total. The summed E-state index contributed by atoms with van der Waals surface area (Å²) in [6, 6.07) is -0.549. The monoisotopic (exact) mass is 247 g/mol. The van der Waals surface area contributed by atoms with Gasteiger partial charge in [-0.3, -0.25) is 4.79 Å². The number of nitrogens with one attached hydrogen (secondary N) is 1. The first-order valence-corrected chi connectivity index (χ1v) is 6.47. The van der Waals surface area contributed by atoms with Crippen LogP contribution >= 0.6 is 11.8 Å². The second kappa shape index (κ2) is 7.54. The van der Waals surface area contributed by atoms with E-state index in [1.165, 1.54) is 6.92 Å². The standard InChI is InChI=1S/C11H21NO3S/c1-7(2)15-11(14)10(12-9(5)13)6-16-8(3)4/h7-8,10H,6H2,1-5H3,(H,12,13). The van der Waals surface area contributed by atoms with Gasteiger partial charge < -0.3 is 10.1 Å². The number of ether oxygens (including phenoxy) is 1. The highest BCUT2D eigenvalue weighted by Gasteiger charge is 2.22. The maximum atomic E-state index is 11.7. The number of esters is 1. The van der Waals surface area contributed by atoms with Gasteiger partial charge in [-0.25, -0.2) is 4.79 Å². The zero-order chi connectivity index (χ0) is 12.7. The minimum atomic E-state index is -0.549. The normalized spacial score (nSPS) is 12.7. The molecule has 0 bridgehead atoms. The van der Waals surface area contributed by atoms with Gasteiger partial charge in [-0.05, 0) is 19.1 Å². The molecule has 0 aliphatic carbocycles. The van der Waals surface area contributed by atoms with E-state index >= 15 is 0 Å². The lowest BCUT2D eigenvalue weighted by atomic mass is 10.3. The van der Waals surface area contributed by atoms with Gasteiger partial charge in [0, 0.05) is 12.7 Å². The predicted molar refractivity (Wildman–Crippen MR) is 66.4 cm³/mol. The zero-order valence-electron chi connectivity index (χ0n) is 10.6. The summed E-state index contributed by atoms with van der Waals surface area (Å²) >= 11 is 1.62. The summed E-state index contributed by atoms with van der Waals surface area (Å²) in [5, 5.41) is 3.03. The van der Waals surface area contributed by atoms with Crippen molar-refractivity contribution in [3.05, 3.63) is 0 Å². The lowest BCUT2D eigenvalue weighted by Gasteiger charge is -2.18. The van der Waals surface area contributed by atoms with Crippen molar-refractivity contribution in [2.75, 3.05) is 5.75 Å². The Morgan fingerprint density at radius 2 is 1.81 bits per heavy atom. The fraction of sp³-hybridized carbons (Fsp3) is 0.818. The lowest BCUT2D eigenvalue weighted by molar-refractivity contribution is -0.150. The maximum absolute atomic E-state index is 11.7. The summed E-state index contributed by atoms with van der Waals surface area (Å²) in [5.74, 6) is -0.0311. The van der Waals surface area contributed by atoms with Gasteiger partial charge in [-0.2, -0.15) is 11.8 Å². The van der Waals surface area contributed by atoms with Crippen LogP contribution in [-0.4, -0.2) is 35.0 Å². The second-order valence-electron chi connectivity index (χ2n) is 4.12. The molecule has 0 aromatic carbocycles. The highest BCUT2D eigenvalue weighted by molar-refractivity contribution is 7.99. The third-order valence-corrected chi connectivity index (χ3v) is 2.80. The van der Waals surface area contributed by atoms with E-state index < -0.39 is 6.04 Å². The number of carbonyl (C=O) groups excluding carboxylic acids is 2. The summed E-state index contributed by atoms with van der Waals surface area (Å²) in [7, 11) is 0. The first kappa shape index (κ1) is 15.3. The van der Waals surface area contributed by atoms with Crippen LogP contribution in [0.2, 0.25) is 0 Å². The van der Waals surface area contributed by atoms with Crippen LogP contribution in [0.25, 0.3) is 0 Å². The van der Waals surface area contributed by atoms with Crippen molar-refractivity contribution in [2.45, 2.75) is 52.0 Å². The van der Waals surface area contributed by atoms with E-state index in [1.54, 1.807) is 25.6 Å². The third kappa shape index (κ3) is 7.56. The molecule has 0 aromatic heterocycles. The van der Waals surface area contributed by atoms with Gasteiger partial charge in [0.05, 0.1) is 6.10 Å². The lowest BCUT2D eigenvalue weighted by Crippen LogP contribution is -2.43. The van der Waals surface area contributed by atoms with Crippen LogP contribution in [0.4, 0.5) is 0 Å². The Hall–Kier alpha value is -0.710. The Morgan fingerprint density at radius 1 is 1.25 bits per heavy atom. The van der Waals surface area contributed by atoms with Gasteiger partial charge in [-0.1, -0.05) is 13.8 Å². The van der Waals surface area contributed by atoms with E-state index in [0.717, 1.165) is 0 Å². The van der Waals surface area contributed by atoms with Gasteiger partial charge in [0.1, 0.15) is 6.04 Å². The number of amides is 1. The highest BCUT2D eigenvalue weighted by atomic mass is 32.2. The van der Waals surface area contributed by atoms with Crippen LogP contribution in [0, 0.1) is 0 Å². The molecule has 1 amide bonds. The van der Waals surface area contributed by atoms with Crippen molar-refractivity contribution in [1.29, 1.82) is 0 Å². The van der Waals surface area contributed by atoms with Gasteiger partial charge in [-0.15, -0.1) is 0 Å². The quantitative estimate of drug-likeness (QED) is 0.724. The van der Waals surface area contributed by atoms with E-state index in [1.807, 2.05) is 13.8 Å². The van der Waals surface area contributed by atoms with Gasteiger partial charge in [0.15, 0.2) is 0 Å². The van der Waals surface area contributed by atoms with Gasteiger partial charge >= 0.3 is 5.97 Å². The maximum Gasteiger partial charge on any atom is 0.329 e. The van der Waals surface area contributed by atoms with Crippen molar-refractivity contribution < 1.29 is 14.3 Å². The van der Waals surface area contributed by atoms with E-state index in [9.17, 15) is 9.59 Å². The molecule has 0 saturated carbocycles. The molecule has 16 heavy (non-hydrogen) atoms. The van der Waals surface area contributed by atoms with Crippen LogP contribution in [0.1, 0.15) is 34.6 Å². The first-order valence-electron chi connectivity index (χ1n) is 5.42. The predicted octanol–water partition coefficient (Wildman–Crippen LogP) is 1.58. The van der Waals surface area contributed by atoms with Gasteiger partial charge in [0.2, 0.25) is 5.91 Å². The molecular formula is C11H21NO3S. The Kier molecular flexibility index (Phi) is 7.21. The molecule has 5 heteroatoms. The third-order valence-electron chi connectivity index (χ3n) is 1.61. The Balaban J connectivity index is 4.29.